The molecule has 0 aliphatic heterocycles. The molecule has 8 nitrogen and oxygen atoms in total. The van der Waals surface area contributed by atoms with Gasteiger partial charge in [0.05, 0.1) is 12.0 Å². The van der Waals surface area contributed by atoms with Gasteiger partial charge in [-0.25, -0.2) is 14.8 Å². The topological polar surface area (TPSA) is 89.1 Å². The van der Waals surface area contributed by atoms with Crippen LogP contribution in [-0.2, 0) is 6.54 Å². The molecule has 4 aromatic rings. The average molecular weight is 451 g/mol. The van der Waals surface area contributed by atoms with E-state index in [1.807, 2.05) is 48.7 Å². The third-order valence-electron chi connectivity index (χ3n) is 5.12. The third kappa shape index (κ3) is 4.17. The number of benzene rings is 1. The molecule has 0 saturated heterocycles. The lowest BCUT2D eigenvalue weighted by molar-refractivity contribution is -0.416. The molecule has 0 fully saturated rings. The molecule has 4 rings (SSSR count). The van der Waals surface area contributed by atoms with Crippen molar-refractivity contribution < 1.29 is 14.4 Å². The zero-order chi connectivity index (χ0) is 22.8. The van der Waals surface area contributed by atoms with Gasteiger partial charge in [-0.15, -0.1) is 5.43 Å². The molecule has 1 aromatic carbocycles. The second kappa shape index (κ2) is 8.76. The molecule has 9 heteroatoms. The van der Waals surface area contributed by atoms with E-state index in [4.69, 9.17) is 16.3 Å². The molecule has 0 aliphatic rings. The van der Waals surface area contributed by atoms with Gasteiger partial charge in [-0.2, -0.15) is 0 Å². The van der Waals surface area contributed by atoms with Crippen molar-refractivity contribution in [2.75, 3.05) is 12.5 Å². The Hall–Kier alpha value is -3.78. The highest BCUT2D eigenvalue weighted by Crippen LogP contribution is 2.27. The van der Waals surface area contributed by atoms with Crippen LogP contribution < -0.4 is 10.2 Å². The predicted octanol–water partition coefficient (Wildman–Crippen LogP) is 4.70. The zero-order valence-electron chi connectivity index (χ0n) is 17.8. The van der Waals surface area contributed by atoms with E-state index >= 15 is 0 Å². The smallest absolute Gasteiger partial charge is 0.481 e. The van der Waals surface area contributed by atoms with Crippen molar-refractivity contribution in [1.29, 1.82) is 0 Å². The number of hydrogen-bond donors (Lipinski definition) is 1. The van der Waals surface area contributed by atoms with E-state index < -0.39 is 5.91 Å². The summed E-state index contributed by atoms with van der Waals surface area (Å²) in [4.78, 5) is 34.7. The van der Waals surface area contributed by atoms with E-state index in [-0.39, 0.29) is 4.87 Å². The van der Waals surface area contributed by atoms with Gasteiger partial charge in [0.25, 0.3) is 0 Å². The number of fused-ring (bicyclic) bond motifs is 1. The summed E-state index contributed by atoms with van der Waals surface area (Å²) >= 11 is 6.00. The summed E-state index contributed by atoms with van der Waals surface area (Å²) in [6, 6.07) is 12.4. The number of nitrogens with zero attached hydrogens (tertiary/aromatic N) is 4. The summed E-state index contributed by atoms with van der Waals surface area (Å²) in [5.41, 5.74) is 6.40. The maximum Gasteiger partial charge on any atom is 0.500 e. The van der Waals surface area contributed by atoms with Crippen LogP contribution >= 0.6 is 11.6 Å². The normalized spacial score (nSPS) is 10.9. The van der Waals surface area contributed by atoms with Gasteiger partial charge in [0.15, 0.2) is 0 Å². The molecule has 3 aromatic heterocycles. The summed E-state index contributed by atoms with van der Waals surface area (Å²) in [5.74, 6) is -0.392. The first-order valence-corrected chi connectivity index (χ1v) is 10.2. The quantitative estimate of drug-likeness (QED) is 0.338. The first-order valence-electron chi connectivity index (χ1n) is 9.85. The Morgan fingerprint density at radius 3 is 2.62 bits per heavy atom. The van der Waals surface area contributed by atoms with Crippen LogP contribution in [0.5, 0.6) is 5.88 Å². The molecular weight excluding hydrogens is 430 g/mol. The Morgan fingerprint density at radius 1 is 1.16 bits per heavy atom. The van der Waals surface area contributed by atoms with Crippen molar-refractivity contribution in [3.63, 3.8) is 0 Å². The molecule has 1 amide bonds. The number of carbonyl (C=O) groups excluding carboxylic acids is 1. The van der Waals surface area contributed by atoms with Gasteiger partial charge in [-0.05, 0) is 49.2 Å². The van der Waals surface area contributed by atoms with Gasteiger partial charge in [0, 0.05) is 41.1 Å². The van der Waals surface area contributed by atoms with E-state index in [1.165, 1.54) is 19.4 Å². The summed E-state index contributed by atoms with van der Waals surface area (Å²) < 4.78 is 6.99. The van der Waals surface area contributed by atoms with Crippen molar-refractivity contribution in [3.8, 4) is 5.88 Å². The zero-order valence-corrected chi connectivity index (χ0v) is 18.6. The van der Waals surface area contributed by atoms with Gasteiger partial charge in [0.1, 0.15) is 16.9 Å². The molecular formula is C23H21ClN5O3+. The molecule has 162 valence electrons. The number of hydrogen-bond acceptors (Lipinski definition) is 5. The lowest BCUT2D eigenvalue weighted by atomic mass is 10.1. The van der Waals surface area contributed by atoms with Gasteiger partial charge in [-0.3, -0.25) is 0 Å². The molecule has 0 atom stereocenters. The van der Waals surface area contributed by atoms with Gasteiger partial charge in [0.2, 0.25) is 10.7 Å². The van der Waals surface area contributed by atoms with E-state index in [9.17, 15) is 9.70 Å². The number of hydrazine groups is 1. The number of aromatic nitrogens is 3. The molecule has 32 heavy (non-hydrogen) atoms. The van der Waals surface area contributed by atoms with Crippen LogP contribution in [0.4, 0.5) is 5.69 Å². The van der Waals surface area contributed by atoms with Gasteiger partial charge >= 0.3 is 5.91 Å². The molecule has 0 aliphatic carbocycles. The van der Waals surface area contributed by atoms with Crippen LogP contribution in [-0.4, -0.2) is 32.4 Å². The van der Waals surface area contributed by atoms with Gasteiger partial charge < -0.3 is 9.30 Å². The first kappa shape index (κ1) is 21.5. The van der Waals surface area contributed by atoms with Crippen LogP contribution in [0.25, 0.3) is 11.0 Å². The minimum Gasteiger partial charge on any atom is -0.481 e. The number of nitroso groups, excluding NO2 is 1. The number of halogens is 1. The van der Waals surface area contributed by atoms with Crippen molar-refractivity contribution >= 4 is 34.2 Å². The van der Waals surface area contributed by atoms with Gasteiger partial charge in [-0.1, -0.05) is 23.7 Å². The summed E-state index contributed by atoms with van der Waals surface area (Å²) in [6.45, 7) is 4.18. The van der Waals surface area contributed by atoms with Crippen LogP contribution in [0.15, 0.2) is 54.9 Å². The van der Waals surface area contributed by atoms with Crippen LogP contribution in [0, 0.1) is 18.8 Å². The number of aryl methyl sites for hydroxylation is 1. The minimum absolute atomic E-state index is 0.214. The van der Waals surface area contributed by atoms with Crippen LogP contribution in [0.1, 0.15) is 27.2 Å². The number of methoxy groups -OCH3 is 1. The Morgan fingerprint density at radius 2 is 1.91 bits per heavy atom. The SMILES string of the molecule is COc1cc(N[N+](=O)C(=O)c2c(C)n(Cc3ccc(Cl)cc3)c3ncc(C)cc23)ccn1. The van der Waals surface area contributed by atoms with Crippen molar-refractivity contribution in [2.24, 2.45) is 0 Å². The largest absolute Gasteiger partial charge is 0.500 e. The van der Waals surface area contributed by atoms with E-state index in [0.29, 0.717) is 45.4 Å². The molecule has 1 N–H and O–H groups in total. The predicted molar refractivity (Wildman–Crippen MR) is 122 cm³/mol. The van der Waals surface area contributed by atoms with Crippen LogP contribution in [0.2, 0.25) is 5.02 Å². The molecule has 0 unspecified atom stereocenters. The number of amides is 1. The number of pyridine rings is 2. The second-order valence-corrected chi connectivity index (χ2v) is 7.79. The highest BCUT2D eigenvalue weighted by Gasteiger charge is 2.33. The summed E-state index contributed by atoms with van der Waals surface area (Å²) in [5, 5.41) is 1.27. The first-order chi connectivity index (χ1) is 15.4. The Labute approximate surface area is 189 Å². The second-order valence-electron chi connectivity index (χ2n) is 7.36. The standard InChI is InChI=1S/C23H21ClN5O3/c1-14-10-19-21(23(30)29(31)27-18-8-9-25-20(11-18)32-3)15(2)28(22(19)26-12-14)13-16-4-6-17(24)7-5-16/h4-12H,13H2,1-3H3,(H,25,27,31)/q+1. The fraction of sp³-hybridized carbons (Fsp3) is 0.174. The number of rotatable bonds is 6. The Bertz CT molecular complexity index is 1330. The number of nitrogens with one attached hydrogen (secondary N) is 1. The Balaban J connectivity index is 1.73. The van der Waals surface area contributed by atoms with E-state index in [1.54, 1.807) is 12.3 Å². The summed E-state index contributed by atoms with van der Waals surface area (Å²) in [6.07, 6.45) is 3.22. The number of carbonyl (C=O) groups is 1. The lowest BCUT2D eigenvalue weighted by Gasteiger charge is -2.08. The average Bonchev–Trinajstić information content (AvgIpc) is 3.05. The highest BCUT2D eigenvalue weighted by molar-refractivity contribution is 6.30. The van der Waals surface area contributed by atoms with Crippen molar-refractivity contribution in [2.45, 2.75) is 20.4 Å². The van der Waals surface area contributed by atoms with E-state index in [0.717, 1.165) is 11.1 Å². The molecule has 0 spiro atoms. The number of anilines is 1. The lowest BCUT2D eigenvalue weighted by Crippen LogP contribution is -2.25. The minimum atomic E-state index is -0.717. The summed E-state index contributed by atoms with van der Waals surface area (Å²) in [7, 11) is 1.47. The van der Waals surface area contributed by atoms with Crippen molar-refractivity contribution in [1.82, 2.24) is 14.5 Å². The fourth-order valence-corrected chi connectivity index (χ4v) is 3.67. The maximum absolute atomic E-state index is 13.2. The van der Waals surface area contributed by atoms with Crippen molar-refractivity contribution in [3.05, 3.63) is 87.2 Å². The highest BCUT2D eigenvalue weighted by atomic mass is 35.5. The Kier molecular flexibility index (Phi) is 5.87. The molecule has 3 heterocycles. The number of ether oxygens (including phenoxy) is 1. The van der Waals surface area contributed by atoms with E-state index in [2.05, 4.69) is 15.4 Å². The molecule has 0 saturated carbocycles. The fourth-order valence-electron chi connectivity index (χ4n) is 3.55. The molecule has 0 bridgehead atoms. The maximum atomic E-state index is 13.2. The third-order valence-corrected chi connectivity index (χ3v) is 5.37. The molecule has 0 radical (unpaired) electrons. The van der Waals surface area contributed by atoms with Crippen LogP contribution in [0.3, 0.4) is 0 Å². The monoisotopic (exact) mass is 450 g/mol.